The van der Waals surface area contributed by atoms with Gasteiger partial charge in [-0.1, -0.05) is 24.4 Å². The van der Waals surface area contributed by atoms with Crippen molar-refractivity contribution in [1.82, 2.24) is 9.97 Å². The van der Waals surface area contributed by atoms with Crippen LogP contribution in [-0.4, -0.2) is 37.2 Å². The maximum Gasteiger partial charge on any atom is 0.247 e. The van der Waals surface area contributed by atoms with Crippen LogP contribution in [0.25, 0.3) is 0 Å². The second-order valence-electron chi connectivity index (χ2n) is 6.08. The lowest BCUT2D eigenvalue weighted by Crippen LogP contribution is -2.06. The van der Waals surface area contributed by atoms with E-state index < -0.39 is 0 Å². The summed E-state index contributed by atoms with van der Waals surface area (Å²) in [5, 5.41) is 6.63. The van der Waals surface area contributed by atoms with Crippen LogP contribution in [0.5, 0.6) is 17.2 Å². The summed E-state index contributed by atoms with van der Waals surface area (Å²) >= 11 is 1.44. The third-order valence-electron chi connectivity index (χ3n) is 4.06. The van der Waals surface area contributed by atoms with Crippen LogP contribution in [0, 0.1) is 0 Å². The van der Waals surface area contributed by atoms with Crippen LogP contribution in [0.1, 0.15) is 0 Å². The summed E-state index contributed by atoms with van der Waals surface area (Å²) in [7, 11) is 4.66. The molecule has 1 heterocycles. The second-order valence-corrected chi connectivity index (χ2v) is 7.17. The van der Waals surface area contributed by atoms with Crippen LogP contribution in [0.15, 0.2) is 71.2 Å². The highest BCUT2D eigenvalue weighted by molar-refractivity contribution is 7.99. The maximum atomic E-state index is 11.5. The van der Waals surface area contributed by atoms with Gasteiger partial charge < -0.3 is 24.8 Å². The minimum atomic E-state index is -0.263. The molecule has 31 heavy (non-hydrogen) atoms. The van der Waals surface area contributed by atoms with Gasteiger partial charge in [0.1, 0.15) is 5.03 Å². The molecule has 0 fully saturated rings. The van der Waals surface area contributed by atoms with Gasteiger partial charge in [0.05, 0.1) is 21.3 Å². The van der Waals surface area contributed by atoms with Crippen LogP contribution in [0.3, 0.4) is 0 Å². The van der Waals surface area contributed by atoms with Crippen LogP contribution in [0.2, 0.25) is 0 Å². The summed E-state index contributed by atoms with van der Waals surface area (Å²) in [6.07, 6.45) is 2.89. The number of hydrogen-bond donors (Lipinski definition) is 2. The fourth-order valence-electron chi connectivity index (χ4n) is 2.69. The molecule has 160 valence electrons. The Morgan fingerprint density at radius 1 is 1.03 bits per heavy atom. The molecule has 2 aromatic carbocycles. The van der Waals surface area contributed by atoms with Gasteiger partial charge in [-0.3, -0.25) is 4.79 Å². The van der Waals surface area contributed by atoms with E-state index in [1.54, 1.807) is 45.7 Å². The molecule has 8 nitrogen and oxygen atoms in total. The molecule has 0 bridgehead atoms. The predicted octanol–water partition coefficient (Wildman–Crippen LogP) is 4.52. The summed E-state index contributed by atoms with van der Waals surface area (Å²) in [6, 6.07) is 12.8. The van der Waals surface area contributed by atoms with Crippen LogP contribution < -0.4 is 24.8 Å². The molecule has 0 atom stereocenters. The molecule has 0 saturated heterocycles. The molecule has 9 heteroatoms. The zero-order valence-electron chi connectivity index (χ0n) is 17.3. The summed E-state index contributed by atoms with van der Waals surface area (Å²) in [6.45, 7) is 3.46. The molecule has 3 rings (SSSR count). The van der Waals surface area contributed by atoms with E-state index in [0.29, 0.717) is 34.6 Å². The van der Waals surface area contributed by atoms with Gasteiger partial charge in [-0.05, 0) is 30.3 Å². The van der Waals surface area contributed by atoms with Crippen molar-refractivity contribution in [2.75, 3.05) is 32.0 Å². The number of carbonyl (C=O) groups is 1. The highest BCUT2D eigenvalue weighted by Crippen LogP contribution is 2.40. The van der Waals surface area contributed by atoms with Gasteiger partial charge in [-0.2, -0.15) is 0 Å². The van der Waals surface area contributed by atoms with Crippen molar-refractivity contribution in [1.29, 1.82) is 0 Å². The summed E-state index contributed by atoms with van der Waals surface area (Å²) in [5.41, 5.74) is 1.37. The van der Waals surface area contributed by atoms with E-state index in [-0.39, 0.29) is 5.91 Å². The molecule has 0 aliphatic rings. The van der Waals surface area contributed by atoms with Crippen molar-refractivity contribution in [3.63, 3.8) is 0 Å². The molecule has 0 aliphatic heterocycles. The quantitative estimate of drug-likeness (QED) is 0.372. The molecular weight excluding hydrogens is 416 g/mol. The molecule has 1 amide bonds. The molecule has 3 aromatic rings. The number of methoxy groups -OCH3 is 3. The van der Waals surface area contributed by atoms with Gasteiger partial charge in [-0.15, -0.1) is 0 Å². The number of rotatable bonds is 9. The third-order valence-corrected chi connectivity index (χ3v) is 4.99. The van der Waals surface area contributed by atoms with Crippen molar-refractivity contribution in [3.8, 4) is 17.2 Å². The number of hydrogen-bond acceptors (Lipinski definition) is 8. The minimum absolute atomic E-state index is 0.263. The first-order valence-corrected chi connectivity index (χ1v) is 9.99. The fraction of sp³-hybridized carbons (Fsp3) is 0.136. The zero-order valence-corrected chi connectivity index (χ0v) is 18.2. The largest absolute Gasteiger partial charge is 0.493 e. The first-order chi connectivity index (χ1) is 15.1. The van der Waals surface area contributed by atoms with Crippen LogP contribution in [-0.2, 0) is 4.79 Å². The Labute approximate surface area is 184 Å². The average molecular weight is 439 g/mol. The molecule has 0 saturated carbocycles. The molecule has 2 N–H and O–H groups in total. The number of carbonyl (C=O) groups excluding carboxylic acids is 1. The van der Waals surface area contributed by atoms with E-state index in [4.69, 9.17) is 14.2 Å². The number of anilines is 3. The number of nitrogens with zero attached hydrogens (tertiary/aromatic N) is 2. The Kier molecular flexibility index (Phi) is 7.34. The lowest BCUT2D eigenvalue weighted by Gasteiger charge is -2.14. The summed E-state index contributed by atoms with van der Waals surface area (Å²) < 4.78 is 16.1. The first kappa shape index (κ1) is 22.0. The molecule has 1 aromatic heterocycles. The Bertz CT molecular complexity index is 1070. The van der Waals surface area contributed by atoms with E-state index >= 15 is 0 Å². The van der Waals surface area contributed by atoms with Gasteiger partial charge in [-0.25, -0.2) is 9.97 Å². The van der Waals surface area contributed by atoms with Crippen molar-refractivity contribution in [2.24, 2.45) is 0 Å². The molecule has 0 radical (unpaired) electrons. The standard InChI is InChI=1S/C22H22N4O4S/c1-5-19(27)24-14-7-6-8-16(11-14)31-20-9-10-23-22(26-20)25-15-12-17(28-2)21(30-4)18(13-15)29-3/h5-13H,1H2,2-4H3,(H,24,27)(H,23,25,26). The topological polar surface area (TPSA) is 94.6 Å². The average Bonchev–Trinajstić information content (AvgIpc) is 2.78. The lowest BCUT2D eigenvalue weighted by atomic mass is 10.2. The Morgan fingerprint density at radius 3 is 2.42 bits per heavy atom. The SMILES string of the molecule is C=CC(=O)Nc1cccc(Sc2ccnc(Nc3cc(OC)c(OC)c(OC)c3)n2)c1. The monoisotopic (exact) mass is 438 g/mol. The van der Waals surface area contributed by atoms with Crippen LogP contribution >= 0.6 is 11.8 Å². The molecule has 0 aliphatic carbocycles. The zero-order chi connectivity index (χ0) is 22.2. The van der Waals surface area contributed by atoms with Gasteiger partial charge in [0.15, 0.2) is 11.5 Å². The van der Waals surface area contributed by atoms with Crippen molar-refractivity contribution in [2.45, 2.75) is 9.92 Å². The van der Waals surface area contributed by atoms with E-state index in [2.05, 4.69) is 27.2 Å². The number of aromatic nitrogens is 2. The van der Waals surface area contributed by atoms with Crippen LogP contribution in [0.4, 0.5) is 17.3 Å². The second kappa shape index (κ2) is 10.4. The highest BCUT2D eigenvalue weighted by atomic mass is 32.2. The molecule has 0 unspecified atom stereocenters. The summed E-state index contributed by atoms with van der Waals surface area (Å²) in [5.74, 6) is 1.70. The Hall–Kier alpha value is -3.72. The first-order valence-electron chi connectivity index (χ1n) is 9.17. The number of benzene rings is 2. The van der Waals surface area contributed by atoms with Gasteiger partial charge in [0.25, 0.3) is 0 Å². The Morgan fingerprint density at radius 2 is 1.77 bits per heavy atom. The smallest absolute Gasteiger partial charge is 0.247 e. The van der Waals surface area contributed by atoms with E-state index in [9.17, 15) is 4.79 Å². The third kappa shape index (κ3) is 5.67. The fourth-order valence-corrected chi connectivity index (χ4v) is 3.53. The van der Waals surface area contributed by atoms with E-state index in [0.717, 1.165) is 9.92 Å². The number of amides is 1. The summed E-state index contributed by atoms with van der Waals surface area (Å²) in [4.78, 5) is 21.3. The molecule has 0 spiro atoms. The molecular formula is C22H22N4O4S. The number of nitrogens with one attached hydrogen (secondary N) is 2. The predicted molar refractivity (Wildman–Crippen MR) is 121 cm³/mol. The number of ether oxygens (including phenoxy) is 3. The highest BCUT2D eigenvalue weighted by Gasteiger charge is 2.14. The van der Waals surface area contributed by atoms with E-state index in [1.807, 2.05) is 24.3 Å². The van der Waals surface area contributed by atoms with Crippen molar-refractivity contribution < 1.29 is 19.0 Å². The van der Waals surface area contributed by atoms with Gasteiger partial charge in [0.2, 0.25) is 17.6 Å². The maximum absolute atomic E-state index is 11.5. The van der Waals surface area contributed by atoms with Crippen molar-refractivity contribution in [3.05, 3.63) is 61.3 Å². The van der Waals surface area contributed by atoms with Gasteiger partial charge in [0, 0.05) is 34.6 Å². The Balaban J connectivity index is 1.79. The minimum Gasteiger partial charge on any atom is -0.493 e. The lowest BCUT2D eigenvalue weighted by molar-refractivity contribution is -0.111. The van der Waals surface area contributed by atoms with Gasteiger partial charge >= 0.3 is 0 Å². The van der Waals surface area contributed by atoms with Crippen molar-refractivity contribution >= 4 is 35.0 Å². The van der Waals surface area contributed by atoms with E-state index in [1.165, 1.54) is 17.8 Å². The normalized spacial score (nSPS) is 10.2.